The van der Waals surface area contributed by atoms with Crippen molar-refractivity contribution in [3.05, 3.63) is 29.8 Å². The molecular weight excluding hydrogens is 324 g/mol. The molecule has 0 aliphatic heterocycles. The quantitative estimate of drug-likeness (QED) is 0.607. The van der Waals surface area contributed by atoms with Crippen molar-refractivity contribution < 1.29 is 39.9 Å². The summed E-state index contributed by atoms with van der Waals surface area (Å²) in [7, 11) is -6.00. The van der Waals surface area contributed by atoms with Crippen LogP contribution in [0.25, 0.3) is 0 Å². The number of halogens is 4. The molecule has 0 saturated heterocycles. The molecule has 0 radical (unpaired) electrons. The zero-order valence-corrected chi connectivity index (χ0v) is 11.1. The Balaban J connectivity index is 0.000000437. The molecule has 0 N–H and O–H groups in total. The molecule has 0 unspecified atom stereocenters. The smallest absolute Gasteiger partial charge is 0.418 e. The van der Waals surface area contributed by atoms with Crippen molar-refractivity contribution in [2.45, 2.75) is 20.0 Å². The third kappa shape index (κ3) is 10.2. The summed E-state index contributed by atoms with van der Waals surface area (Å²) in [5, 5.41) is 0. The molecule has 0 heterocycles. The van der Waals surface area contributed by atoms with Crippen LogP contribution in [0.15, 0.2) is 24.3 Å². The summed E-state index contributed by atoms with van der Waals surface area (Å²) < 4.78 is 46.6. The van der Waals surface area contributed by atoms with Crippen LogP contribution in [-0.4, -0.2) is 18.0 Å². The van der Waals surface area contributed by atoms with E-state index in [9.17, 15) is 17.3 Å². The fourth-order valence-electron chi connectivity index (χ4n) is 0.926. The van der Waals surface area contributed by atoms with E-state index in [-0.39, 0.29) is 6.10 Å². The van der Waals surface area contributed by atoms with Gasteiger partial charge in [0.2, 0.25) is 0 Å². The second-order valence-corrected chi connectivity index (χ2v) is 3.80. The first-order chi connectivity index (χ1) is 7.74. The van der Waals surface area contributed by atoms with Gasteiger partial charge in [-0.05, 0) is 0 Å². The largest absolute Gasteiger partial charge is 0.673 e. The Labute approximate surface area is 107 Å². The third-order valence-corrected chi connectivity index (χ3v) is 1.93. The van der Waals surface area contributed by atoms with Gasteiger partial charge in [0.1, 0.15) is 0 Å². The van der Waals surface area contributed by atoms with Crippen LogP contribution in [0.4, 0.5) is 17.3 Å². The van der Waals surface area contributed by atoms with E-state index in [1.165, 1.54) is 0 Å². The van der Waals surface area contributed by atoms with Crippen molar-refractivity contribution in [1.82, 2.24) is 0 Å². The first-order valence-electron chi connectivity index (χ1n) is 4.79. The molecule has 0 aliphatic carbocycles. The SMILES string of the molecule is CC(C)Oc1ccccc1[CH]=[Ru].F[B-](F)(F)F. The number of para-hydroxylation sites is 1. The van der Waals surface area contributed by atoms with Gasteiger partial charge in [-0.2, -0.15) is 0 Å². The molecule has 7 heteroatoms. The van der Waals surface area contributed by atoms with Crippen LogP contribution in [0, 0.1) is 0 Å². The van der Waals surface area contributed by atoms with E-state index >= 15 is 0 Å². The second kappa shape index (κ2) is 7.59. The summed E-state index contributed by atoms with van der Waals surface area (Å²) in [5.41, 5.74) is 1.13. The second-order valence-electron chi connectivity index (χ2n) is 3.30. The van der Waals surface area contributed by atoms with E-state index in [2.05, 4.69) is 17.9 Å². The van der Waals surface area contributed by atoms with Crippen LogP contribution in [0.3, 0.4) is 0 Å². The molecule has 1 rings (SSSR count). The molecule has 0 bridgehead atoms. The summed E-state index contributed by atoms with van der Waals surface area (Å²) in [6, 6.07) is 8.01. The van der Waals surface area contributed by atoms with E-state index in [0.29, 0.717) is 0 Å². The van der Waals surface area contributed by atoms with E-state index in [1.807, 2.05) is 42.7 Å². The van der Waals surface area contributed by atoms with Gasteiger partial charge in [-0.3, -0.25) is 0 Å². The van der Waals surface area contributed by atoms with Crippen molar-refractivity contribution >= 4 is 11.9 Å². The number of benzene rings is 1. The minimum atomic E-state index is -6.00. The van der Waals surface area contributed by atoms with Gasteiger partial charge < -0.3 is 17.3 Å². The summed E-state index contributed by atoms with van der Waals surface area (Å²) in [5.74, 6) is 0.950. The minimum Gasteiger partial charge on any atom is -0.418 e. The Morgan fingerprint density at radius 3 is 2.06 bits per heavy atom. The normalized spacial score (nSPS) is 10.6. The zero-order chi connectivity index (χ0) is 13.5. The van der Waals surface area contributed by atoms with Gasteiger partial charge in [-0.25, -0.2) is 0 Å². The predicted octanol–water partition coefficient (Wildman–Crippen LogP) is 3.47. The van der Waals surface area contributed by atoms with Crippen molar-refractivity contribution in [3.63, 3.8) is 0 Å². The van der Waals surface area contributed by atoms with Gasteiger partial charge in [0.05, 0.1) is 0 Å². The first-order valence-corrected chi connectivity index (χ1v) is 5.79. The van der Waals surface area contributed by atoms with E-state index in [4.69, 9.17) is 4.74 Å². The van der Waals surface area contributed by atoms with Crippen molar-refractivity contribution in [1.29, 1.82) is 0 Å². The van der Waals surface area contributed by atoms with E-state index < -0.39 is 7.25 Å². The standard InChI is InChI=1S/C10H12O.BF4.Ru/c1-8(2)11-10-7-5-4-6-9(10)3;2-1(3,4)5;/h3-8H,1-2H3;;/q;-1;. The van der Waals surface area contributed by atoms with Gasteiger partial charge in [0.25, 0.3) is 0 Å². The van der Waals surface area contributed by atoms with Crippen LogP contribution < -0.4 is 4.74 Å². The molecule has 0 aromatic heterocycles. The molecule has 1 nitrogen and oxygen atoms in total. The van der Waals surface area contributed by atoms with Crippen molar-refractivity contribution in [2.24, 2.45) is 0 Å². The average Bonchev–Trinajstić information content (AvgIpc) is 2.15. The molecule has 17 heavy (non-hydrogen) atoms. The number of hydrogen-bond donors (Lipinski definition) is 0. The van der Waals surface area contributed by atoms with Crippen molar-refractivity contribution in [3.8, 4) is 5.75 Å². The predicted molar refractivity (Wildman–Crippen MR) is 57.6 cm³/mol. The molecule has 0 spiro atoms. The maximum absolute atomic E-state index is 9.75. The van der Waals surface area contributed by atoms with Gasteiger partial charge in [0, 0.05) is 0 Å². The number of hydrogen-bond acceptors (Lipinski definition) is 1. The van der Waals surface area contributed by atoms with E-state index in [0.717, 1.165) is 11.3 Å². The Morgan fingerprint density at radius 2 is 1.65 bits per heavy atom. The minimum absolute atomic E-state index is 0.234. The van der Waals surface area contributed by atoms with Crippen LogP contribution in [0.2, 0.25) is 0 Å². The summed E-state index contributed by atoms with van der Waals surface area (Å²) >= 11 is 2.49. The van der Waals surface area contributed by atoms with Crippen LogP contribution in [0.5, 0.6) is 5.75 Å². The zero-order valence-electron chi connectivity index (χ0n) is 9.32. The van der Waals surface area contributed by atoms with Crippen LogP contribution in [0.1, 0.15) is 19.4 Å². The summed E-state index contributed by atoms with van der Waals surface area (Å²) in [6.07, 6.45) is 0.234. The summed E-state index contributed by atoms with van der Waals surface area (Å²) in [4.78, 5) is 0. The Hall–Kier alpha value is -0.702. The molecule has 0 saturated carbocycles. The fourth-order valence-corrected chi connectivity index (χ4v) is 1.34. The third-order valence-electron chi connectivity index (χ3n) is 1.39. The molecule has 98 valence electrons. The van der Waals surface area contributed by atoms with Gasteiger partial charge in [-0.15, -0.1) is 0 Å². The first kappa shape index (κ1) is 16.3. The monoisotopic (exact) mass is 337 g/mol. The van der Waals surface area contributed by atoms with Crippen LogP contribution in [-0.2, 0) is 17.9 Å². The molecule has 0 atom stereocenters. The maximum Gasteiger partial charge on any atom is 0.673 e. The van der Waals surface area contributed by atoms with E-state index in [1.54, 1.807) is 0 Å². The van der Waals surface area contributed by atoms with Gasteiger partial charge in [0.15, 0.2) is 0 Å². The molecule has 1 aromatic carbocycles. The molecule has 1 aromatic rings. The molecule has 0 fully saturated rings. The molecular formula is C10H12BF4ORu-. The Morgan fingerprint density at radius 1 is 1.18 bits per heavy atom. The van der Waals surface area contributed by atoms with Gasteiger partial charge >= 0.3 is 90.0 Å². The van der Waals surface area contributed by atoms with Gasteiger partial charge in [-0.1, -0.05) is 0 Å². The van der Waals surface area contributed by atoms with Crippen LogP contribution >= 0.6 is 0 Å². The number of rotatable bonds is 3. The number of ether oxygens (including phenoxy) is 1. The fraction of sp³-hybridized carbons (Fsp3) is 0.300. The van der Waals surface area contributed by atoms with Crippen molar-refractivity contribution in [2.75, 3.05) is 0 Å². The molecule has 0 amide bonds. The Bertz CT molecular complexity index is 348. The molecule has 0 aliphatic rings. The maximum atomic E-state index is 9.75. The Kier molecular flexibility index (Phi) is 7.28. The average molecular weight is 336 g/mol. The topological polar surface area (TPSA) is 9.23 Å². The summed E-state index contributed by atoms with van der Waals surface area (Å²) in [6.45, 7) is 4.06.